The summed E-state index contributed by atoms with van der Waals surface area (Å²) in [7, 11) is 0. The van der Waals surface area contributed by atoms with Crippen molar-refractivity contribution in [1.82, 2.24) is 25.5 Å². The molecule has 0 radical (unpaired) electrons. The molecule has 0 saturated carbocycles. The van der Waals surface area contributed by atoms with Gasteiger partial charge in [0, 0.05) is 51.0 Å². The van der Waals surface area contributed by atoms with Crippen molar-refractivity contribution < 1.29 is 27.5 Å². The van der Waals surface area contributed by atoms with E-state index in [-0.39, 0.29) is 41.8 Å². The molecule has 5 heterocycles. The molecule has 0 bridgehead atoms. The number of nitrogens with zero attached hydrogens (tertiary/aromatic N) is 4. The van der Waals surface area contributed by atoms with Crippen LogP contribution in [-0.4, -0.2) is 84.6 Å². The molecule has 3 aromatic rings. The molecule has 10 nitrogen and oxygen atoms in total. The van der Waals surface area contributed by atoms with Crippen LogP contribution in [0.5, 0.6) is 5.88 Å². The number of benzene rings is 1. The first-order chi connectivity index (χ1) is 22.2. The van der Waals surface area contributed by atoms with Crippen LogP contribution in [-0.2, 0) is 11.0 Å². The molecule has 6 rings (SSSR count). The summed E-state index contributed by atoms with van der Waals surface area (Å²) in [5.41, 5.74) is 1.78. The highest BCUT2D eigenvalue weighted by Gasteiger charge is 2.41. The van der Waals surface area contributed by atoms with Gasteiger partial charge in [-0.05, 0) is 62.2 Å². The van der Waals surface area contributed by atoms with Crippen molar-refractivity contribution in [2.24, 2.45) is 0 Å². The van der Waals surface area contributed by atoms with Crippen LogP contribution in [0.1, 0.15) is 54.2 Å². The number of fused-ring (bicyclic) bond motifs is 1. The Labute approximate surface area is 265 Å². The average Bonchev–Trinajstić information content (AvgIpc) is 3.74. The molecule has 1 unspecified atom stereocenters. The Morgan fingerprint density at radius 1 is 1.09 bits per heavy atom. The van der Waals surface area contributed by atoms with E-state index in [1.54, 1.807) is 23.2 Å². The van der Waals surface area contributed by atoms with Crippen LogP contribution in [0, 0.1) is 0 Å². The van der Waals surface area contributed by atoms with Crippen molar-refractivity contribution in [3.05, 3.63) is 65.5 Å². The van der Waals surface area contributed by atoms with E-state index in [0.717, 1.165) is 19.0 Å². The molecule has 244 valence electrons. The third-order valence-electron chi connectivity index (χ3n) is 8.95. The fourth-order valence-corrected chi connectivity index (χ4v) is 6.64. The van der Waals surface area contributed by atoms with Gasteiger partial charge in [0.15, 0.2) is 5.69 Å². The Kier molecular flexibility index (Phi) is 9.03. The van der Waals surface area contributed by atoms with E-state index in [1.807, 2.05) is 32.0 Å². The summed E-state index contributed by atoms with van der Waals surface area (Å²) >= 11 is 0. The van der Waals surface area contributed by atoms with Gasteiger partial charge in [0.1, 0.15) is 0 Å². The fraction of sp³-hybridized carbons (Fsp3) is 0.455. The lowest BCUT2D eigenvalue weighted by Gasteiger charge is -2.43. The fourth-order valence-electron chi connectivity index (χ4n) is 6.64. The number of carbonyl (C=O) groups is 2. The third-order valence-corrected chi connectivity index (χ3v) is 8.95. The minimum atomic E-state index is -4.52. The molecule has 13 heteroatoms. The summed E-state index contributed by atoms with van der Waals surface area (Å²) in [6.45, 7) is 7.09. The summed E-state index contributed by atoms with van der Waals surface area (Å²) < 4.78 is 46.6. The van der Waals surface area contributed by atoms with Crippen molar-refractivity contribution in [3.63, 3.8) is 0 Å². The Bertz CT molecular complexity index is 1590. The number of alkyl halides is 3. The number of carbonyl (C=O) groups excluding carboxylic acids is 2. The van der Waals surface area contributed by atoms with Crippen LogP contribution in [0.25, 0.3) is 11.3 Å². The summed E-state index contributed by atoms with van der Waals surface area (Å²) in [6, 6.07) is 11.2. The highest BCUT2D eigenvalue weighted by atomic mass is 19.4. The Hall–Kier alpha value is -4.39. The Morgan fingerprint density at radius 3 is 2.67 bits per heavy atom. The number of hydrogen-bond donors (Lipinski definition) is 3. The van der Waals surface area contributed by atoms with Crippen LogP contribution in [0.3, 0.4) is 0 Å². The molecule has 2 fully saturated rings. The van der Waals surface area contributed by atoms with E-state index in [1.165, 1.54) is 6.07 Å². The average molecular weight is 638 g/mol. The maximum Gasteiger partial charge on any atom is 0.418 e. The van der Waals surface area contributed by atoms with Gasteiger partial charge in [-0.15, -0.1) is 0 Å². The first-order valence-electron chi connectivity index (χ1n) is 15.8. The van der Waals surface area contributed by atoms with Gasteiger partial charge in [0.2, 0.25) is 11.8 Å². The zero-order valence-electron chi connectivity index (χ0n) is 25.9. The number of rotatable bonds is 8. The molecular formula is C33H38F3N7O3. The molecule has 0 aliphatic carbocycles. The Morgan fingerprint density at radius 2 is 1.93 bits per heavy atom. The van der Waals surface area contributed by atoms with Gasteiger partial charge in [-0.3, -0.25) is 9.59 Å². The standard InChI is InChI=1S/C33H38F3N7O3/c1-3-21-19-42(32(45)24-18-39-28-22(24)7-5-9-25(28)33(34,35)36)15-16-43(21)27-11-10-26(23-8-6-13-38-31(23)46-4-2)41-29(27)30(44)40-20-12-14-37-17-20/h5-11,13,20-21,24,37,39H,3-4,12,14-19H2,1-2H3,(H,40,44)/t20-,21-,24?/m1/s1. The smallest absolute Gasteiger partial charge is 0.418 e. The van der Waals surface area contributed by atoms with Gasteiger partial charge in [0.05, 0.1) is 40.7 Å². The third kappa shape index (κ3) is 6.20. The van der Waals surface area contributed by atoms with E-state index >= 15 is 0 Å². The molecule has 0 spiro atoms. The molecule has 1 aromatic carbocycles. The van der Waals surface area contributed by atoms with E-state index in [4.69, 9.17) is 9.72 Å². The summed E-state index contributed by atoms with van der Waals surface area (Å²) in [5, 5.41) is 9.23. The number of anilines is 2. The van der Waals surface area contributed by atoms with Crippen LogP contribution in [0.4, 0.5) is 24.5 Å². The number of hydrogen-bond acceptors (Lipinski definition) is 8. The monoisotopic (exact) mass is 637 g/mol. The molecular weight excluding hydrogens is 599 g/mol. The largest absolute Gasteiger partial charge is 0.477 e. The zero-order valence-corrected chi connectivity index (χ0v) is 25.9. The van der Waals surface area contributed by atoms with Crippen molar-refractivity contribution in [1.29, 1.82) is 0 Å². The van der Waals surface area contributed by atoms with E-state index in [2.05, 4.69) is 25.8 Å². The predicted octanol–water partition coefficient (Wildman–Crippen LogP) is 4.29. The molecule has 3 N–H and O–H groups in total. The number of halogens is 3. The molecule has 46 heavy (non-hydrogen) atoms. The predicted molar refractivity (Wildman–Crippen MR) is 168 cm³/mol. The maximum atomic E-state index is 13.8. The SMILES string of the molecule is CCOc1ncccc1-c1ccc(N2CCN(C(=O)C3CNc4c3cccc4C(F)(F)F)C[C@H]2CC)c(C(=O)N[C@@H]2CCNC2)n1. The number of piperazine rings is 1. The van der Waals surface area contributed by atoms with E-state index < -0.39 is 17.7 Å². The van der Waals surface area contributed by atoms with Gasteiger partial charge < -0.3 is 30.5 Å². The molecule has 3 atom stereocenters. The van der Waals surface area contributed by atoms with E-state index in [0.29, 0.717) is 67.6 Å². The molecule has 3 aliphatic heterocycles. The minimum absolute atomic E-state index is 0.0135. The molecule has 2 amide bonds. The summed E-state index contributed by atoms with van der Waals surface area (Å²) in [5.74, 6) is -0.762. The van der Waals surface area contributed by atoms with Gasteiger partial charge in [-0.1, -0.05) is 19.1 Å². The number of ether oxygens (including phenoxy) is 1. The van der Waals surface area contributed by atoms with Crippen molar-refractivity contribution in [3.8, 4) is 17.1 Å². The lowest BCUT2D eigenvalue weighted by atomic mass is 9.96. The highest BCUT2D eigenvalue weighted by Crippen LogP contribution is 2.43. The first kappa shape index (κ1) is 31.6. The van der Waals surface area contributed by atoms with Crippen LogP contribution in [0.15, 0.2) is 48.7 Å². The quantitative estimate of drug-likeness (QED) is 0.336. The van der Waals surface area contributed by atoms with Gasteiger partial charge in [-0.25, -0.2) is 9.97 Å². The van der Waals surface area contributed by atoms with Crippen LogP contribution in [0.2, 0.25) is 0 Å². The van der Waals surface area contributed by atoms with Gasteiger partial charge in [-0.2, -0.15) is 13.2 Å². The first-order valence-corrected chi connectivity index (χ1v) is 15.8. The summed E-state index contributed by atoms with van der Waals surface area (Å²) in [4.78, 5) is 40.6. The number of nitrogens with one attached hydrogen (secondary N) is 3. The number of amides is 2. The number of para-hydroxylation sites is 1. The topological polar surface area (TPSA) is 112 Å². The van der Waals surface area contributed by atoms with Gasteiger partial charge in [0.25, 0.3) is 5.91 Å². The summed E-state index contributed by atoms with van der Waals surface area (Å²) in [6.07, 6.45) is -1.38. The van der Waals surface area contributed by atoms with Crippen molar-refractivity contribution in [2.75, 3.05) is 56.1 Å². The molecule has 3 aliphatic rings. The van der Waals surface area contributed by atoms with Crippen molar-refractivity contribution >= 4 is 23.2 Å². The normalized spacial score (nSPS) is 21.1. The van der Waals surface area contributed by atoms with Crippen LogP contribution >= 0.6 is 0 Å². The second-order valence-corrected chi connectivity index (χ2v) is 11.8. The number of aromatic nitrogens is 2. The van der Waals surface area contributed by atoms with Crippen molar-refractivity contribution in [2.45, 2.75) is 50.9 Å². The second kappa shape index (κ2) is 13.1. The lowest BCUT2D eigenvalue weighted by molar-refractivity contribution is -0.137. The molecule has 2 saturated heterocycles. The lowest BCUT2D eigenvalue weighted by Crippen LogP contribution is -2.56. The zero-order chi connectivity index (χ0) is 32.4. The van der Waals surface area contributed by atoms with Gasteiger partial charge >= 0.3 is 6.18 Å². The number of pyridine rings is 2. The second-order valence-electron chi connectivity index (χ2n) is 11.8. The minimum Gasteiger partial charge on any atom is -0.477 e. The Balaban J connectivity index is 1.27. The van der Waals surface area contributed by atoms with E-state index in [9.17, 15) is 22.8 Å². The maximum absolute atomic E-state index is 13.8. The molecule has 2 aromatic heterocycles. The highest BCUT2D eigenvalue weighted by molar-refractivity contribution is 5.99. The van der Waals surface area contributed by atoms with Crippen LogP contribution < -0.4 is 25.6 Å².